The van der Waals surface area contributed by atoms with Crippen molar-refractivity contribution in [1.82, 2.24) is 23.7 Å². The number of esters is 1. The van der Waals surface area contributed by atoms with Crippen LogP contribution in [-0.4, -0.2) is 43.4 Å². The molecule has 0 N–H and O–H groups in total. The van der Waals surface area contributed by atoms with Gasteiger partial charge in [0, 0.05) is 0 Å². The maximum absolute atomic E-state index is 14.0. The van der Waals surface area contributed by atoms with E-state index in [4.69, 9.17) is 9.47 Å². The number of halogens is 3. The third-order valence-corrected chi connectivity index (χ3v) is 5.62. The zero-order valence-electron chi connectivity index (χ0n) is 18.5. The fourth-order valence-corrected chi connectivity index (χ4v) is 4.07. The molecule has 35 heavy (non-hydrogen) atoms. The van der Waals surface area contributed by atoms with Gasteiger partial charge < -0.3 is 9.47 Å². The number of carbonyl (C=O) groups excluding carboxylic acids is 1. The van der Waals surface area contributed by atoms with E-state index in [1.54, 1.807) is 19.2 Å². The molecule has 0 spiro atoms. The number of benzene rings is 1. The van der Waals surface area contributed by atoms with Crippen LogP contribution in [-0.2, 0) is 17.5 Å². The Hall–Kier alpha value is -4.35. The number of methoxy groups -OCH3 is 1. The van der Waals surface area contributed by atoms with Gasteiger partial charge in [-0.2, -0.15) is 18.3 Å². The largest absolute Gasteiger partial charge is 0.497 e. The second-order valence-electron chi connectivity index (χ2n) is 7.66. The van der Waals surface area contributed by atoms with E-state index in [9.17, 15) is 22.8 Å². The normalized spacial score (nSPS) is 12.0. The van der Waals surface area contributed by atoms with Crippen LogP contribution in [0.15, 0.2) is 53.6 Å². The lowest BCUT2D eigenvalue weighted by atomic mass is 10.2. The predicted octanol–water partition coefficient (Wildman–Crippen LogP) is 3.53. The first-order chi connectivity index (χ1) is 16.7. The van der Waals surface area contributed by atoms with Crippen molar-refractivity contribution in [3.63, 3.8) is 0 Å². The molecule has 5 rings (SSSR count). The van der Waals surface area contributed by atoms with Crippen molar-refractivity contribution < 1.29 is 27.4 Å². The summed E-state index contributed by atoms with van der Waals surface area (Å²) in [7, 11) is 1.55. The molecule has 0 radical (unpaired) electrons. The molecule has 180 valence electrons. The van der Waals surface area contributed by atoms with Crippen molar-refractivity contribution in [2.75, 3.05) is 13.7 Å². The molecule has 12 heteroatoms. The van der Waals surface area contributed by atoms with Gasteiger partial charge in [0.1, 0.15) is 17.0 Å². The molecule has 0 unspecified atom stereocenters. The fraction of sp³-hybridized carbons (Fsp3) is 0.217. The first-order valence-corrected chi connectivity index (χ1v) is 10.5. The third kappa shape index (κ3) is 3.57. The van der Waals surface area contributed by atoms with Crippen molar-refractivity contribution >= 4 is 22.8 Å². The molecule has 1 aromatic carbocycles. The lowest BCUT2D eigenvalue weighted by molar-refractivity contribution is -0.143. The molecule has 9 nitrogen and oxygen atoms in total. The van der Waals surface area contributed by atoms with Crippen LogP contribution in [0, 0.1) is 0 Å². The molecule has 0 bridgehead atoms. The van der Waals surface area contributed by atoms with Gasteiger partial charge >= 0.3 is 12.1 Å². The summed E-state index contributed by atoms with van der Waals surface area (Å²) in [5.74, 6) is -0.457. The van der Waals surface area contributed by atoms with Gasteiger partial charge in [-0.15, -0.1) is 0 Å². The number of hydrogen-bond acceptors (Lipinski definition) is 6. The summed E-state index contributed by atoms with van der Waals surface area (Å²) in [6.07, 6.45) is -2.76. The Bertz CT molecular complexity index is 1600. The van der Waals surface area contributed by atoms with Gasteiger partial charge in [0.15, 0.2) is 5.69 Å². The van der Waals surface area contributed by atoms with Crippen LogP contribution >= 0.6 is 0 Å². The van der Waals surface area contributed by atoms with Crippen LogP contribution in [0.1, 0.15) is 28.5 Å². The van der Waals surface area contributed by atoms with Crippen LogP contribution in [0.25, 0.3) is 22.5 Å². The quantitative estimate of drug-likeness (QED) is 0.342. The topological polar surface area (TPSA) is 92.6 Å². The summed E-state index contributed by atoms with van der Waals surface area (Å²) in [5, 5.41) is 3.83. The highest BCUT2D eigenvalue weighted by molar-refractivity contribution is 5.91. The molecular weight excluding hydrogens is 467 g/mol. The van der Waals surface area contributed by atoms with Gasteiger partial charge in [0.2, 0.25) is 5.65 Å². The highest BCUT2D eigenvalue weighted by atomic mass is 19.4. The maximum Gasteiger partial charge on any atom is 0.434 e. The minimum Gasteiger partial charge on any atom is -0.497 e. The minimum absolute atomic E-state index is 0.00877. The molecule has 0 saturated heterocycles. The average Bonchev–Trinajstić information content (AvgIpc) is 3.53. The number of aromatic nitrogens is 5. The van der Waals surface area contributed by atoms with E-state index in [0.29, 0.717) is 16.1 Å². The van der Waals surface area contributed by atoms with Crippen molar-refractivity contribution in [2.24, 2.45) is 0 Å². The van der Waals surface area contributed by atoms with Gasteiger partial charge in [0.25, 0.3) is 5.56 Å². The Labute approximate surface area is 195 Å². The van der Waals surface area contributed by atoms with E-state index in [1.807, 2.05) is 12.1 Å². The number of imidazole rings is 2. The van der Waals surface area contributed by atoms with Gasteiger partial charge in [-0.25, -0.2) is 14.5 Å². The average molecular weight is 485 g/mol. The molecule has 4 heterocycles. The van der Waals surface area contributed by atoms with E-state index >= 15 is 0 Å². The van der Waals surface area contributed by atoms with Gasteiger partial charge in [0.05, 0.1) is 43.9 Å². The number of alkyl halides is 3. The smallest absolute Gasteiger partial charge is 0.434 e. The monoisotopic (exact) mass is 485 g/mol. The zero-order valence-corrected chi connectivity index (χ0v) is 18.5. The number of nitrogens with zero attached hydrogens (tertiary/aromatic N) is 5. The number of hydrogen-bond donors (Lipinski definition) is 0. The number of ether oxygens (including phenoxy) is 2. The van der Waals surface area contributed by atoms with E-state index in [0.717, 1.165) is 11.8 Å². The molecule has 0 aliphatic rings. The summed E-state index contributed by atoms with van der Waals surface area (Å²) in [6, 6.07) is 10.1. The summed E-state index contributed by atoms with van der Waals surface area (Å²) in [4.78, 5) is 29.3. The van der Waals surface area contributed by atoms with Crippen molar-refractivity contribution in [1.29, 1.82) is 0 Å². The molecule has 0 aliphatic heterocycles. The lowest BCUT2D eigenvalue weighted by Gasteiger charge is -2.14. The van der Waals surface area contributed by atoms with Crippen molar-refractivity contribution in [3.05, 3.63) is 76.0 Å². The molecule has 0 amide bonds. The molecule has 4 aromatic heterocycles. The van der Waals surface area contributed by atoms with Gasteiger partial charge in [-0.05, 0) is 36.8 Å². The summed E-state index contributed by atoms with van der Waals surface area (Å²) in [6.45, 7) is 1.64. The lowest BCUT2D eigenvalue weighted by Crippen LogP contribution is -2.19. The standard InChI is InChI=1S/C23H18F3N5O4/c1-3-35-22(33)15-10-28-31(19(15)23(24,25)26)16-8-9-18-29(12-13-4-6-14(34-2)7-5-13)21(32)20-27-11-17(16)30(18)20/h4-11H,3,12H2,1-2H3. The first kappa shape index (κ1) is 22.4. The molecule has 5 aromatic rings. The molecule has 0 aliphatic carbocycles. The number of rotatable bonds is 6. The Morgan fingerprint density at radius 2 is 1.83 bits per heavy atom. The highest BCUT2D eigenvalue weighted by Gasteiger charge is 2.41. The Kier molecular flexibility index (Phi) is 5.23. The third-order valence-electron chi connectivity index (χ3n) is 5.62. The molecular formula is C23H18F3N5O4. The Morgan fingerprint density at radius 1 is 1.09 bits per heavy atom. The van der Waals surface area contributed by atoms with E-state index < -0.39 is 29.0 Å². The fourth-order valence-electron chi connectivity index (χ4n) is 4.07. The second kappa shape index (κ2) is 8.15. The molecule has 0 fully saturated rings. The summed E-state index contributed by atoms with van der Waals surface area (Å²) in [5.41, 5.74) is -0.784. The van der Waals surface area contributed by atoms with Crippen LogP contribution in [0.5, 0.6) is 5.75 Å². The van der Waals surface area contributed by atoms with Crippen LogP contribution in [0.4, 0.5) is 13.2 Å². The van der Waals surface area contributed by atoms with E-state index in [1.165, 1.54) is 34.2 Å². The van der Waals surface area contributed by atoms with Gasteiger partial charge in [-0.3, -0.25) is 13.8 Å². The predicted molar refractivity (Wildman–Crippen MR) is 118 cm³/mol. The molecule has 0 saturated carbocycles. The Balaban J connectivity index is 1.66. The summed E-state index contributed by atoms with van der Waals surface area (Å²) < 4.78 is 55.5. The van der Waals surface area contributed by atoms with Crippen LogP contribution in [0.3, 0.4) is 0 Å². The second-order valence-corrected chi connectivity index (χ2v) is 7.66. The molecule has 0 atom stereocenters. The highest BCUT2D eigenvalue weighted by Crippen LogP contribution is 2.35. The van der Waals surface area contributed by atoms with Crippen LogP contribution in [0.2, 0.25) is 0 Å². The minimum atomic E-state index is -4.90. The Morgan fingerprint density at radius 3 is 2.49 bits per heavy atom. The van der Waals surface area contributed by atoms with Crippen LogP contribution < -0.4 is 10.3 Å². The summed E-state index contributed by atoms with van der Waals surface area (Å²) >= 11 is 0. The SMILES string of the molecule is CCOC(=O)c1cnn(-c2ccc3n(Cc4ccc(OC)cc4)c(=O)c4ncc2n43)c1C(F)(F)F. The van der Waals surface area contributed by atoms with Crippen molar-refractivity contribution in [3.8, 4) is 11.4 Å². The first-order valence-electron chi connectivity index (χ1n) is 10.5. The van der Waals surface area contributed by atoms with Crippen molar-refractivity contribution in [2.45, 2.75) is 19.6 Å². The maximum atomic E-state index is 14.0. The van der Waals surface area contributed by atoms with E-state index in [-0.39, 0.29) is 30.0 Å². The zero-order chi connectivity index (χ0) is 24.9. The van der Waals surface area contributed by atoms with Gasteiger partial charge in [-0.1, -0.05) is 12.1 Å². The van der Waals surface area contributed by atoms with E-state index in [2.05, 4.69) is 10.1 Å². The number of carbonyl (C=O) groups is 1. The number of pyridine rings is 1.